The van der Waals surface area contributed by atoms with Crippen LogP contribution in [-0.4, -0.2) is 50.3 Å². The van der Waals surface area contributed by atoms with Gasteiger partial charge in [0.05, 0.1) is 24.5 Å². The molecular formula is C25H29N5O. The molecule has 1 saturated heterocycles. The normalized spacial score (nSPS) is 19.9. The fourth-order valence-corrected chi connectivity index (χ4v) is 5.12. The molecule has 0 saturated carbocycles. The number of fused-ring (bicyclic) bond motifs is 1. The summed E-state index contributed by atoms with van der Waals surface area (Å²) in [5, 5.41) is 0. The molecule has 0 aliphatic carbocycles. The van der Waals surface area contributed by atoms with E-state index in [0.29, 0.717) is 18.4 Å². The molecule has 0 bridgehead atoms. The highest BCUT2D eigenvalue weighted by Gasteiger charge is 2.37. The number of carbonyl (C=O) groups is 1. The van der Waals surface area contributed by atoms with Gasteiger partial charge in [-0.2, -0.15) is 0 Å². The lowest BCUT2D eigenvalue weighted by Gasteiger charge is -2.43. The van der Waals surface area contributed by atoms with E-state index in [9.17, 15) is 4.79 Å². The van der Waals surface area contributed by atoms with Crippen molar-refractivity contribution in [1.82, 2.24) is 24.8 Å². The molecule has 0 spiro atoms. The van der Waals surface area contributed by atoms with Crippen LogP contribution in [0.25, 0.3) is 0 Å². The fourth-order valence-electron chi connectivity index (χ4n) is 5.12. The Morgan fingerprint density at radius 2 is 1.84 bits per heavy atom. The van der Waals surface area contributed by atoms with Crippen LogP contribution in [-0.2, 0) is 24.2 Å². The Morgan fingerprint density at radius 3 is 2.61 bits per heavy atom. The number of hydrogen-bond acceptors (Lipinski definition) is 4. The van der Waals surface area contributed by atoms with Crippen LogP contribution >= 0.6 is 0 Å². The maximum absolute atomic E-state index is 12.8. The minimum absolute atomic E-state index is 0.205. The van der Waals surface area contributed by atoms with E-state index in [1.54, 1.807) is 12.4 Å². The Hall–Kier alpha value is -2.99. The molecule has 2 aromatic heterocycles. The molecule has 0 radical (unpaired) electrons. The highest BCUT2D eigenvalue weighted by molar-refractivity contribution is 5.78. The van der Waals surface area contributed by atoms with Gasteiger partial charge < -0.3 is 9.88 Å². The van der Waals surface area contributed by atoms with E-state index in [0.717, 1.165) is 51.0 Å². The largest absolute Gasteiger partial charge is 0.348 e. The zero-order valence-electron chi connectivity index (χ0n) is 17.8. The van der Waals surface area contributed by atoms with Gasteiger partial charge in [-0.15, -0.1) is 0 Å². The summed E-state index contributed by atoms with van der Waals surface area (Å²) in [4.78, 5) is 29.6. The van der Waals surface area contributed by atoms with Crippen molar-refractivity contribution in [2.45, 2.75) is 38.3 Å². The molecule has 4 heterocycles. The lowest BCUT2D eigenvalue weighted by Crippen LogP contribution is -2.45. The maximum atomic E-state index is 12.8. The Kier molecular flexibility index (Phi) is 5.80. The first-order valence-corrected chi connectivity index (χ1v) is 11.2. The molecule has 31 heavy (non-hydrogen) atoms. The van der Waals surface area contributed by atoms with Crippen LogP contribution in [0.4, 0.5) is 0 Å². The van der Waals surface area contributed by atoms with Crippen molar-refractivity contribution in [3.63, 3.8) is 0 Å². The van der Waals surface area contributed by atoms with Crippen molar-refractivity contribution in [3.05, 3.63) is 83.7 Å². The van der Waals surface area contributed by atoms with Gasteiger partial charge in [0.2, 0.25) is 5.91 Å². The number of imidazole rings is 1. The Balaban J connectivity index is 1.27. The molecule has 5 rings (SSSR count). The van der Waals surface area contributed by atoms with Crippen molar-refractivity contribution in [1.29, 1.82) is 0 Å². The Bertz CT molecular complexity index is 995. The summed E-state index contributed by atoms with van der Waals surface area (Å²) in [6, 6.07) is 14.9. The zero-order valence-corrected chi connectivity index (χ0v) is 17.8. The standard InChI is InChI=1S/C25H29N5O/c31-23(15-20-7-4-11-26-16-20)29-12-8-21(9-13-29)25-24-22(27-18-28-24)10-14-30(25)17-19-5-2-1-3-6-19/h1-7,11,16,18,21,25H,8-10,12-15,17H2,(H,27,28). The number of nitrogens with one attached hydrogen (secondary N) is 1. The maximum Gasteiger partial charge on any atom is 0.227 e. The number of nitrogens with zero attached hydrogens (tertiary/aromatic N) is 4. The topological polar surface area (TPSA) is 65.1 Å². The number of likely N-dealkylation sites (tertiary alicyclic amines) is 1. The van der Waals surface area contributed by atoms with Gasteiger partial charge in [0.1, 0.15) is 0 Å². The summed E-state index contributed by atoms with van der Waals surface area (Å²) in [5.41, 5.74) is 4.82. The number of aromatic nitrogens is 3. The van der Waals surface area contributed by atoms with Crippen LogP contribution in [0.1, 0.15) is 41.4 Å². The summed E-state index contributed by atoms with van der Waals surface area (Å²) in [6.07, 6.45) is 8.85. The smallest absolute Gasteiger partial charge is 0.227 e. The second kappa shape index (κ2) is 9.02. The summed E-state index contributed by atoms with van der Waals surface area (Å²) in [7, 11) is 0. The van der Waals surface area contributed by atoms with E-state index in [1.807, 2.05) is 23.4 Å². The summed E-state index contributed by atoms with van der Waals surface area (Å²) < 4.78 is 0. The van der Waals surface area contributed by atoms with Gasteiger partial charge in [-0.1, -0.05) is 36.4 Å². The Labute approximate surface area is 183 Å². The molecule has 1 unspecified atom stereocenters. The predicted molar refractivity (Wildman–Crippen MR) is 119 cm³/mol. The lowest BCUT2D eigenvalue weighted by molar-refractivity contribution is -0.132. The monoisotopic (exact) mass is 415 g/mol. The van der Waals surface area contributed by atoms with Crippen LogP contribution in [0.15, 0.2) is 61.2 Å². The van der Waals surface area contributed by atoms with Crippen LogP contribution in [0.5, 0.6) is 0 Å². The van der Waals surface area contributed by atoms with Crippen molar-refractivity contribution < 1.29 is 4.79 Å². The van der Waals surface area contributed by atoms with Crippen molar-refractivity contribution in [3.8, 4) is 0 Å². The second-order valence-corrected chi connectivity index (χ2v) is 8.67. The minimum Gasteiger partial charge on any atom is -0.348 e. The van der Waals surface area contributed by atoms with E-state index in [2.05, 4.69) is 45.2 Å². The van der Waals surface area contributed by atoms with E-state index < -0.39 is 0 Å². The fraction of sp³-hybridized carbons (Fsp3) is 0.400. The first kappa shape index (κ1) is 19.9. The zero-order chi connectivity index (χ0) is 21.0. The van der Waals surface area contributed by atoms with Crippen molar-refractivity contribution in [2.24, 2.45) is 5.92 Å². The predicted octanol–water partition coefficient (Wildman–Crippen LogP) is 3.39. The molecule has 2 aliphatic heterocycles. The molecule has 3 aromatic rings. The van der Waals surface area contributed by atoms with Gasteiger partial charge in [-0.25, -0.2) is 4.98 Å². The van der Waals surface area contributed by atoms with Crippen LogP contribution in [0.3, 0.4) is 0 Å². The number of H-pyrrole nitrogens is 1. The van der Waals surface area contributed by atoms with E-state index in [-0.39, 0.29) is 5.91 Å². The molecule has 2 aliphatic rings. The summed E-state index contributed by atoms with van der Waals surface area (Å²) in [6.45, 7) is 3.62. The van der Waals surface area contributed by atoms with Gasteiger partial charge in [0.15, 0.2) is 0 Å². The summed E-state index contributed by atoms with van der Waals surface area (Å²) >= 11 is 0. The van der Waals surface area contributed by atoms with Crippen LogP contribution in [0.2, 0.25) is 0 Å². The molecule has 1 N–H and O–H groups in total. The van der Waals surface area contributed by atoms with Gasteiger partial charge >= 0.3 is 0 Å². The van der Waals surface area contributed by atoms with E-state index >= 15 is 0 Å². The molecule has 6 heteroatoms. The number of hydrogen-bond donors (Lipinski definition) is 1. The molecule has 1 amide bonds. The van der Waals surface area contributed by atoms with Crippen LogP contribution < -0.4 is 0 Å². The number of benzene rings is 1. The molecule has 1 atom stereocenters. The van der Waals surface area contributed by atoms with Crippen molar-refractivity contribution in [2.75, 3.05) is 19.6 Å². The lowest BCUT2D eigenvalue weighted by atomic mass is 9.83. The average Bonchev–Trinajstić information content (AvgIpc) is 3.29. The van der Waals surface area contributed by atoms with Gasteiger partial charge in [0, 0.05) is 50.7 Å². The SMILES string of the molecule is O=C(Cc1cccnc1)N1CCC(C2c3nc[nH]c3CCN2Cc2ccccc2)CC1. The third-order valence-electron chi connectivity index (χ3n) is 6.72. The van der Waals surface area contributed by atoms with Crippen LogP contribution in [0, 0.1) is 5.92 Å². The van der Waals surface area contributed by atoms with Gasteiger partial charge in [0.25, 0.3) is 0 Å². The van der Waals surface area contributed by atoms with E-state index in [1.165, 1.54) is 17.0 Å². The molecular weight excluding hydrogens is 386 g/mol. The molecule has 160 valence electrons. The van der Waals surface area contributed by atoms with Gasteiger partial charge in [-0.3, -0.25) is 14.7 Å². The van der Waals surface area contributed by atoms with Gasteiger partial charge in [-0.05, 0) is 36.0 Å². The minimum atomic E-state index is 0.205. The third-order valence-corrected chi connectivity index (χ3v) is 6.72. The highest BCUT2D eigenvalue weighted by atomic mass is 16.2. The molecule has 1 fully saturated rings. The van der Waals surface area contributed by atoms with E-state index in [4.69, 9.17) is 4.98 Å². The number of piperidine rings is 1. The highest BCUT2D eigenvalue weighted by Crippen LogP contribution is 2.39. The quantitative estimate of drug-likeness (QED) is 0.694. The number of rotatable bonds is 5. The van der Waals surface area contributed by atoms with Crippen molar-refractivity contribution >= 4 is 5.91 Å². The first-order valence-electron chi connectivity index (χ1n) is 11.2. The Morgan fingerprint density at radius 1 is 1.03 bits per heavy atom. The molecule has 6 nitrogen and oxygen atoms in total. The number of pyridine rings is 1. The molecule has 1 aromatic carbocycles. The second-order valence-electron chi connectivity index (χ2n) is 8.67. The number of aromatic amines is 1. The number of amides is 1. The third kappa shape index (κ3) is 4.39. The average molecular weight is 416 g/mol. The number of carbonyl (C=O) groups excluding carboxylic acids is 1. The first-order chi connectivity index (χ1) is 15.3. The summed E-state index contributed by atoms with van der Waals surface area (Å²) in [5.74, 6) is 0.713.